The lowest BCUT2D eigenvalue weighted by Crippen LogP contribution is -2.35. The molecule has 1 unspecified atom stereocenters. The minimum Gasteiger partial charge on any atom is -0.343 e. The molecule has 2 heterocycles. The van der Waals surface area contributed by atoms with Gasteiger partial charge in [0.1, 0.15) is 0 Å². The second kappa shape index (κ2) is 7.58. The van der Waals surface area contributed by atoms with Crippen molar-refractivity contribution in [2.24, 2.45) is 0 Å². The number of nitrogens with zero attached hydrogens (tertiary/aromatic N) is 3. The van der Waals surface area contributed by atoms with Gasteiger partial charge >= 0.3 is 0 Å². The Balaban J connectivity index is 1.91. The summed E-state index contributed by atoms with van der Waals surface area (Å²) < 4.78 is 1.68. The molecule has 2 rings (SSSR count). The van der Waals surface area contributed by atoms with Crippen molar-refractivity contribution >= 4 is 5.91 Å². The van der Waals surface area contributed by atoms with Crippen LogP contribution in [0.3, 0.4) is 0 Å². The van der Waals surface area contributed by atoms with Crippen LogP contribution in [-0.4, -0.2) is 53.5 Å². The standard InChI is InChI=1S/C17H27N3O2/c1-14-6-4-8-17(22)20(14)13-10-16(21)19-11-5-7-15(9-12-19)18(2)3/h4,6,8,15H,5,7,9-13H2,1-3H3. The molecule has 1 aliphatic rings. The van der Waals surface area contributed by atoms with Gasteiger partial charge in [0, 0.05) is 43.9 Å². The number of carbonyl (C=O) groups is 1. The predicted octanol–water partition coefficient (Wildman–Crippen LogP) is 1.49. The van der Waals surface area contributed by atoms with Gasteiger partial charge in [-0.25, -0.2) is 0 Å². The van der Waals surface area contributed by atoms with E-state index in [1.54, 1.807) is 16.7 Å². The molecule has 1 atom stereocenters. The molecule has 22 heavy (non-hydrogen) atoms. The van der Waals surface area contributed by atoms with Gasteiger partial charge in [0.2, 0.25) is 5.91 Å². The van der Waals surface area contributed by atoms with Gasteiger partial charge in [0.15, 0.2) is 0 Å². The van der Waals surface area contributed by atoms with Crippen LogP contribution in [0.1, 0.15) is 31.4 Å². The zero-order chi connectivity index (χ0) is 16.1. The summed E-state index contributed by atoms with van der Waals surface area (Å²) in [6.07, 6.45) is 3.63. The van der Waals surface area contributed by atoms with Crippen molar-refractivity contribution in [2.45, 2.75) is 45.2 Å². The summed E-state index contributed by atoms with van der Waals surface area (Å²) in [5.74, 6) is 0.162. The zero-order valence-corrected chi connectivity index (χ0v) is 13.9. The van der Waals surface area contributed by atoms with Crippen LogP contribution < -0.4 is 5.56 Å². The molecule has 122 valence electrons. The summed E-state index contributed by atoms with van der Waals surface area (Å²) in [5.41, 5.74) is 0.875. The third-order valence-electron chi connectivity index (χ3n) is 4.60. The molecule has 1 aromatic rings. The maximum absolute atomic E-state index is 12.4. The van der Waals surface area contributed by atoms with Crippen LogP contribution in [-0.2, 0) is 11.3 Å². The highest BCUT2D eigenvalue weighted by Gasteiger charge is 2.21. The lowest BCUT2D eigenvalue weighted by atomic mass is 10.1. The van der Waals surface area contributed by atoms with E-state index in [1.165, 1.54) is 0 Å². The van der Waals surface area contributed by atoms with E-state index in [2.05, 4.69) is 19.0 Å². The number of pyridine rings is 1. The zero-order valence-electron chi connectivity index (χ0n) is 13.9. The van der Waals surface area contributed by atoms with Gasteiger partial charge in [-0.2, -0.15) is 0 Å². The molecular formula is C17H27N3O2. The number of amides is 1. The van der Waals surface area contributed by atoms with Crippen LogP contribution in [0.25, 0.3) is 0 Å². The number of rotatable bonds is 4. The third kappa shape index (κ3) is 4.19. The lowest BCUT2D eigenvalue weighted by Gasteiger charge is -2.23. The van der Waals surface area contributed by atoms with Crippen LogP contribution in [0.2, 0.25) is 0 Å². The van der Waals surface area contributed by atoms with Gasteiger partial charge in [-0.05, 0) is 46.3 Å². The van der Waals surface area contributed by atoms with E-state index < -0.39 is 0 Å². The molecular weight excluding hydrogens is 278 g/mol. The van der Waals surface area contributed by atoms with Gasteiger partial charge in [0.05, 0.1) is 0 Å². The molecule has 0 radical (unpaired) electrons. The molecule has 0 spiro atoms. The minimum atomic E-state index is -0.0312. The monoisotopic (exact) mass is 305 g/mol. The van der Waals surface area contributed by atoms with Crippen molar-refractivity contribution < 1.29 is 4.79 Å². The molecule has 1 saturated heterocycles. The van der Waals surface area contributed by atoms with Crippen molar-refractivity contribution in [3.8, 4) is 0 Å². The van der Waals surface area contributed by atoms with Gasteiger partial charge in [-0.3, -0.25) is 9.59 Å². The lowest BCUT2D eigenvalue weighted by molar-refractivity contribution is -0.131. The normalized spacial score (nSPS) is 19.3. The molecule has 1 aromatic heterocycles. The van der Waals surface area contributed by atoms with Crippen molar-refractivity contribution in [1.82, 2.24) is 14.4 Å². The first-order valence-corrected chi connectivity index (χ1v) is 8.09. The largest absolute Gasteiger partial charge is 0.343 e. The van der Waals surface area contributed by atoms with E-state index in [4.69, 9.17) is 0 Å². The maximum Gasteiger partial charge on any atom is 0.250 e. The molecule has 1 fully saturated rings. The van der Waals surface area contributed by atoms with Crippen LogP contribution in [0, 0.1) is 6.92 Å². The van der Waals surface area contributed by atoms with Crippen LogP contribution in [0.15, 0.2) is 23.0 Å². The number of aromatic nitrogens is 1. The Kier molecular flexibility index (Phi) is 5.77. The first kappa shape index (κ1) is 16.7. The molecule has 1 amide bonds. The predicted molar refractivity (Wildman–Crippen MR) is 88.0 cm³/mol. The van der Waals surface area contributed by atoms with Crippen LogP contribution in [0.5, 0.6) is 0 Å². The Bertz CT molecular complexity index is 565. The Hall–Kier alpha value is -1.62. The molecule has 0 bridgehead atoms. The van der Waals surface area contributed by atoms with E-state index in [9.17, 15) is 9.59 Å². The number of carbonyl (C=O) groups excluding carboxylic acids is 1. The fourth-order valence-electron chi connectivity index (χ4n) is 3.12. The number of aryl methyl sites for hydroxylation is 1. The highest BCUT2D eigenvalue weighted by molar-refractivity contribution is 5.76. The van der Waals surface area contributed by atoms with Gasteiger partial charge in [-0.1, -0.05) is 6.07 Å². The van der Waals surface area contributed by atoms with Gasteiger partial charge in [0.25, 0.3) is 5.56 Å². The fourth-order valence-corrected chi connectivity index (χ4v) is 3.12. The molecule has 0 aromatic carbocycles. The summed E-state index contributed by atoms with van der Waals surface area (Å²) in [5, 5.41) is 0. The minimum absolute atomic E-state index is 0.0312. The van der Waals surface area contributed by atoms with E-state index in [0.29, 0.717) is 19.0 Å². The first-order chi connectivity index (χ1) is 10.5. The molecule has 1 aliphatic heterocycles. The summed E-state index contributed by atoms with van der Waals surface area (Å²) in [6.45, 7) is 4.04. The second-order valence-electron chi connectivity index (χ2n) is 6.34. The number of hydrogen-bond acceptors (Lipinski definition) is 3. The Morgan fingerprint density at radius 3 is 2.73 bits per heavy atom. The topological polar surface area (TPSA) is 45.6 Å². The Morgan fingerprint density at radius 1 is 1.27 bits per heavy atom. The van der Waals surface area contributed by atoms with E-state index in [1.807, 2.05) is 17.9 Å². The summed E-state index contributed by atoms with van der Waals surface area (Å²) in [6, 6.07) is 5.77. The molecule has 0 N–H and O–H groups in total. The van der Waals surface area contributed by atoms with Gasteiger partial charge < -0.3 is 14.4 Å². The summed E-state index contributed by atoms with van der Waals surface area (Å²) >= 11 is 0. The average Bonchev–Trinajstić information content (AvgIpc) is 2.72. The second-order valence-corrected chi connectivity index (χ2v) is 6.34. The fraction of sp³-hybridized carbons (Fsp3) is 0.647. The quantitative estimate of drug-likeness (QED) is 0.846. The highest BCUT2D eigenvalue weighted by atomic mass is 16.2. The number of hydrogen-bond donors (Lipinski definition) is 0. The van der Waals surface area contributed by atoms with E-state index in [0.717, 1.165) is 38.0 Å². The Morgan fingerprint density at radius 2 is 2.05 bits per heavy atom. The molecule has 5 heteroatoms. The van der Waals surface area contributed by atoms with Crippen molar-refractivity contribution in [3.63, 3.8) is 0 Å². The number of likely N-dealkylation sites (tertiary alicyclic amines) is 1. The van der Waals surface area contributed by atoms with Crippen LogP contribution in [0.4, 0.5) is 0 Å². The smallest absolute Gasteiger partial charge is 0.250 e. The van der Waals surface area contributed by atoms with Crippen molar-refractivity contribution in [2.75, 3.05) is 27.2 Å². The van der Waals surface area contributed by atoms with Gasteiger partial charge in [-0.15, -0.1) is 0 Å². The first-order valence-electron chi connectivity index (χ1n) is 8.09. The maximum atomic E-state index is 12.4. The molecule has 0 saturated carbocycles. The average molecular weight is 305 g/mol. The van der Waals surface area contributed by atoms with E-state index in [-0.39, 0.29) is 11.5 Å². The summed E-state index contributed by atoms with van der Waals surface area (Å²) in [7, 11) is 4.21. The van der Waals surface area contributed by atoms with Crippen molar-refractivity contribution in [3.05, 3.63) is 34.2 Å². The SMILES string of the molecule is Cc1cccc(=O)n1CCC(=O)N1CCCC(N(C)C)CC1. The Labute approximate surface area is 132 Å². The summed E-state index contributed by atoms with van der Waals surface area (Å²) in [4.78, 5) is 28.5. The third-order valence-corrected chi connectivity index (χ3v) is 4.60. The van der Waals surface area contributed by atoms with Crippen molar-refractivity contribution in [1.29, 1.82) is 0 Å². The van der Waals surface area contributed by atoms with E-state index >= 15 is 0 Å². The molecule has 5 nitrogen and oxygen atoms in total. The highest BCUT2D eigenvalue weighted by Crippen LogP contribution is 2.15. The van der Waals surface area contributed by atoms with Crippen LogP contribution >= 0.6 is 0 Å². The molecule has 0 aliphatic carbocycles.